The summed E-state index contributed by atoms with van der Waals surface area (Å²) in [4.78, 5) is 42.3. The van der Waals surface area contributed by atoms with E-state index in [2.05, 4.69) is 42.0 Å². The van der Waals surface area contributed by atoms with Crippen molar-refractivity contribution in [2.45, 2.75) is 13.8 Å². The van der Waals surface area contributed by atoms with Gasteiger partial charge in [-0.25, -0.2) is 4.79 Å². The second kappa shape index (κ2) is 8.63. The molecular weight excluding hydrogens is 430 g/mol. The second-order valence-corrected chi connectivity index (χ2v) is 8.39. The molecule has 1 fully saturated rings. The van der Waals surface area contributed by atoms with Gasteiger partial charge >= 0.3 is 5.69 Å². The maximum Gasteiger partial charge on any atom is 0.351 e. The summed E-state index contributed by atoms with van der Waals surface area (Å²) in [5, 5.41) is 4.64. The van der Waals surface area contributed by atoms with Crippen LogP contribution in [0.5, 0.6) is 0 Å². The number of rotatable bonds is 3. The number of carbonyl (C=O) groups excluding carboxylic acids is 1. The van der Waals surface area contributed by atoms with E-state index in [0.29, 0.717) is 36.9 Å². The molecule has 0 radical (unpaired) electrons. The highest BCUT2D eigenvalue weighted by Gasteiger charge is 2.27. The Morgan fingerprint density at radius 2 is 1.62 bits per heavy atom. The number of aryl methyl sites for hydroxylation is 2. The maximum absolute atomic E-state index is 13.2. The fourth-order valence-electron chi connectivity index (χ4n) is 3.82. The standard InChI is InChI=1S/C23H24ClN5O3/c1-15-4-5-16(2)19(14-15)27-10-12-28(13-11-27)22(31)20-21(30)26(3)23(32)29(25-20)18-8-6-17(24)7-9-18/h4-9,14H,10-13H2,1-3H3. The third-order valence-corrected chi connectivity index (χ3v) is 5.97. The first-order valence-electron chi connectivity index (χ1n) is 10.3. The number of anilines is 1. The molecule has 2 heterocycles. The molecule has 0 saturated carbocycles. The molecule has 1 amide bonds. The summed E-state index contributed by atoms with van der Waals surface area (Å²) in [6.45, 7) is 6.33. The van der Waals surface area contributed by atoms with Crippen LogP contribution in [0.1, 0.15) is 21.6 Å². The van der Waals surface area contributed by atoms with E-state index in [1.165, 1.54) is 18.2 Å². The van der Waals surface area contributed by atoms with Gasteiger partial charge in [0.15, 0.2) is 0 Å². The Morgan fingerprint density at radius 3 is 2.28 bits per heavy atom. The molecule has 1 saturated heterocycles. The molecule has 1 aromatic heterocycles. The summed E-state index contributed by atoms with van der Waals surface area (Å²) in [6.07, 6.45) is 0. The van der Waals surface area contributed by atoms with Gasteiger partial charge in [0.1, 0.15) is 0 Å². The van der Waals surface area contributed by atoms with Crippen LogP contribution in [0.4, 0.5) is 5.69 Å². The summed E-state index contributed by atoms with van der Waals surface area (Å²) >= 11 is 5.93. The van der Waals surface area contributed by atoms with Crippen LogP contribution in [-0.4, -0.2) is 51.3 Å². The summed E-state index contributed by atoms with van der Waals surface area (Å²) < 4.78 is 1.96. The Morgan fingerprint density at radius 1 is 0.969 bits per heavy atom. The Kier molecular flexibility index (Phi) is 5.88. The molecule has 9 heteroatoms. The van der Waals surface area contributed by atoms with Crippen molar-refractivity contribution in [1.82, 2.24) is 19.2 Å². The number of piperazine rings is 1. The van der Waals surface area contributed by atoms with Crippen molar-refractivity contribution in [3.8, 4) is 5.69 Å². The minimum atomic E-state index is -0.706. The lowest BCUT2D eigenvalue weighted by atomic mass is 10.1. The van der Waals surface area contributed by atoms with Gasteiger partial charge in [0.05, 0.1) is 5.69 Å². The van der Waals surface area contributed by atoms with Crippen molar-refractivity contribution in [2.24, 2.45) is 7.05 Å². The van der Waals surface area contributed by atoms with Gasteiger partial charge in [-0.15, -0.1) is 0 Å². The Labute approximate surface area is 190 Å². The molecule has 0 bridgehead atoms. The van der Waals surface area contributed by atoms with Crippen LogP contribution < -0.4 is 16.1 Å². The molecule has 1 aliphatic rings. The average Bonchev–Trinajstić information content (AvgIpc) is 2.80. The number of amides is 1. The van der Waals surface area contributed by atoms with Crippen molar-refractivity contribution >= 4 is 23.2 Å². The lowest BCUT2D eigenvalue weighted by molar-refractivity contribution is 0.0735. The molecule has 0 unspecified atom stereocenters. The fraction of sp³-hybridized carbons (Fsp3) is 0.304. The summed E-state index contributed by atoms with van der Waals surface area (Å²) in [5.74, 6) is -0.478. The first-order valence-corrected chi connectivity index (χ1v) is 10.7. The van der Waals surface area contributed by atoms with Crippen molar-refractivity contribution in [1.29, 1.82) is 0 Å². The van der Waals surface area contributed by atoms with Crippen LogP contribution in [0, 0.1) is 13.8 Å². The van der Waals surface area contributed by atoms with Crippen molar-refractivity contribution < 1.29 is 4.79 Å². The van der Waals surface area contributed by atoms with E-state index in [1.807, 2.05) is 0 Å². The van der Waals surface area contributed by atoms with E-state index in [1.54, 1.807) is 29.2 Å². The molecule has 32 heavy (non-hydrogen) atoms. The lowest BCUT2D eigenvalue weighted by Crippen LogP contribution is -2.51. The van der Waals surface area contributed by atoms with Crippen LogP contribution >= 0.6 is 11.6 Å². The van der Waals surface area contributed by atoms with Crippen molar-refractivity contribution in [2.75, 3.05) is 31.1 Å². The Balaban J connectivity index is 1.60. The number of carbonyl (C=O) groups is 1. The highest BCUT2D eigenvalue weighted by Crippen LogP contribution is 2.23. The van der Waals surface area contributed by atoms with E-state index < -0.39 is 17.2 Å². The minimum Gasteiger partial charge on any atom is -0.368 e. The van der Waals surface area contributed by atoms with Crippen LogP contribution in [0.25, 0.3) is 5.69 Å². The van der Waals surface area contributed by atoms with E-state index in [9.17, 15) is 14.4 Å². The van der Waals surface area contributed by atoms with Crippen LogP contribution in [0.15, 0.2) is 52.1 Å². The molecule has 8 nitrogen and oxygen atoms in total. The SMILES string of the molecule is Cc1ccc(C)c(N2CCN(C(=O)c3nn(-c4ccc(Cl)cc4)c(=O)n(C)c3=O)CC2)c1. The molecule has 2 aromatic carbocycles. The third kappa shape index (κ3) is 4.05. The first kappa shape index (κ1) is 21.8. The molecule has 4 rings (SSSR count). The van der Waals surface area contributed by atoms with Gasteiger partial charge in [0, 0.05) is 43.9 Å². The number of nitrogens with zero attached hydrogens (tertiary/aromatic N) is 5. The van der Waals surface area contributed by atoms with Crippen LogP contribution in [-0.2, 0) is 7.05 Å². The van der Waals surface area contributed by atoms with Gasteiger partial charge in [0.25, 0.3) is 11.5 Å². The summed E-state index contributed by atoms with van der Waals surface area (Å²) in [6, 6.07) is 12.8. The molecule has 0 aliphatic carbocycles. The normalized spacial score (nSPS) is 14.0. The van der Waals surface area contributed by atoms with Gasteiger partial charge in [-0.1, -0.05) is 23.7 Å². The van der Waals surface area contributed by atoms with Gasteiger partial charge in [-0.3, -0.25) is 14.2 Å². The Bertz CT molecular complexity index is 1290. The molecule has 0 N–H and O–H groups in total. The highest BCUT2D eigenvalue weighted by molar-refractivity contribution is 6.30. The molecule has 1 aliphatic heterocycles. The van der Waals surface area contributed by atoms with Crippen molar-refractivity contribution in [3.63, 3.8) is 0 Å². The van der Waals surface area contributed by atoms with Crippen LogP contribution in [0.3, 0.4) is 0 Å². The second-order valence-electron chi connectivity index (χ2n) is 7.95. The van der Waals surface area contributed by atoms with Crippen LogP contribution in [0.2, 0.25) is 5.02 Å². The number of benzene rings is 2. The van der Waals surface area contributed by atoms with E-state index >= 15 is 0 Å². The molecule has 0 atom stereocenters. The quantitative estimate of drug-likeness (QED) is 0.607. The van der Waals surface area contributed by atoms with Gasteiger partial charge in [-0.05, 0) is 55.3 Å². The zero-order chi connectivity index (χ0) is 23.0. The highest BCUT2D eigenvalue weighted by atomic mass is 35.5. The fourth-order valence-corrected chi connectivity index (χ4v) is 3.94. The van der Waals surface area contributed by atoms with E-state index in [-0.39, 0.29) is 5.69 Å². The zero-order valence-electron chi connectivity index (χ0n) is 18.2. The number of halogens is 1. The monoisotopic (exact) mass is 453 g/mol. The van der Waals surface area contributed by atoms with E-state index in [4.69, 9.17) is 11.6 Å². The average molecular weight is 454 g/mol. The molecule has 3 aromatic rings. The number of hydrogen-bond acceptors (Lipinski definition) is 5. The zero-order valence-corrected chi connectivity index (χ0v) is 19.0. The predicted octanol–water partition coefficient (Wildman–Crippen LogP) is 2.16. The third-order valence-electron chi connectivity index (χ3n) is 5.72. The largest absolute Gasteiger partial charge is 0.368 e. The maximum atomic E-state index is 13.2. The van der Waals surface area contributed by atoms with Crippen molar-refractivity contribution in [3.05, 3.63) is 85.1 Å². The number of aromatic nitrogens is 3. The molecule has 166 valence electrons. The predicted molar refractivity (Wildman–Crippen MR) is 124 cm³/mol. The smallest absolute Gasteiger partial charge is 0.351 e. The topological polar surface area (TPSA) is 80.4 Å². The summed E-state index contributed by atoms with van der Waals surface area (Å²) in [7, 11) is 1.34. The van der Waals surface area contributed by atoms with Gasteiger partial charge in [0.2, 0.25) is 5.69 Å². The lowest BCUT2D eigenvalue weighted by Gasteiger charge is -2.36. The first-order chi connectivity index (χ1) is 15.3. The van der Waals surface area contributed by atoms with Gasteiger partial charge in [-0.2, -0.15) is 9.78 Å². The molecular formula is C23H24ClN5O3. The molecule has 0 spiro atoms. The number of hydrogen-bond donors (Lipinski definition) is 0. The Hall–Kier alpha value is -3.39. The minimum absolute atomic E-state index is 0.276. The summed E-state index contributed by atoms with van der Waals surface area (Å²) in [5.41, 5.74) is 2.33. The van der Waals surface area contributed by atoms with Gasteiger partial charge < -0.3 is 9.80 Å². The van der Waals surface area contributed by atoms with E-state index in [0.717, 1.165) is 14.9 Å².